The zero-order valence-corrected chi connectivity index (χ0v) is 33.4. The summed E-state index contributed by atoms with van der Waals surface area (Å²) in [5.41, 5.74) is 2.22. The number of pyridine rings is 1. The summed E-state index contributed by atoms with van der Waals surface area (Å²) in [7, 11) is 0. The number of fused-ring (bicyclic) bond motifs is 1. The van der Waals surface area contributed by atoms with Crippen LogP contribution in [0.25, 0.3) is 11.3 Å². The van der Waals surface area contributed by atoms with Crippen LogP contribution >= 0.6 is 0 Å². The Balaban J connectivity index is 0.820. The number of hydrogen-bond donors (Lipinski definition) is 3. The first-order valence-corrected chi connectivity index (χ1v) is 19.9. The number of carbonyl (C=O) groups is 5. The van der Waals surface area contributed by atoms with Gasteiger partial charge >= 0.3 is 6.29 Å². The fourth-order valence-corrected chi connectivity index (χ4v) is 7.39. The summed E-state index contributed by atoms with van der Waals surface area (Å²) in [5.74, 6) is -0.128. The molecule has 2 aromatic heterocycles. The van der Waals surface area contributed by atoms with E-state index in [9.17, 15) is 32.8 Å². The van der Waals surface area contributed by atoms with Crippen LogP contribution in [0.2, 0.25) is 0 Å². The van der Waals surface area contributed by atoms with E-state index in [1.165, 1.54) is 28.0 Å². The lowest BCUT2D eigenvalue weighted by Gasteiger charge is -2.37. The SMILES string of the molecule is C=CC(=O)N1CCN(c2ccc(CCC(=O)NCCCCCNC(=O)c3cccc(-c4nc(NC(=O)C5(c6ccc7c(c6)OC(F)(F)O7)CC5)ccc4C)c3)o2)C(=O)C1C. The van der Waals surface area contributed by atoms with Crippen molar-refractivity contribution in [3.8, 4) is 22.8 Å². The topological polar surface area (TPSA) is 172 Å². The fraction of sp³-hybridized carbons (Fsp3) is 0.364. The zero-order valence-electron chi connectivity index (χ0n) is 33.4. The molecule has 5 amide bonds. The highest BCUT2D eigenvalue weighted by molar-refractivity contribution is 6.02. The van der Waals surface area contributed by atoms with Crippen molar-refractivity contribution in [1.29, 1.82) is 0 Å². The van der Waals surface area contributed by atoms with Crippen molar-refractivity contribution in [2.24, 2.45) is 0 Å². The van der Waals surface area contributed by atoms with Gasteiger partial charge in [-0.1, -0.05) is 30.8 Å². The molecule has 3 N–H and O–H groups in total. The average molecular weight is 825 g/mol. The number of rotatable bonds is 16. The maximum Gasteiger partial charge on any atom is 0.586 e. The van der Waals surface area contributed by atoms with Crippen LogP contribution in [0.15, 0.2) is 83.8 Å². The molecule has 314 valence electrons. The number of furan rings is 1. The van der Waals surface area contributed by atoms with Crippen molar-refractivity contribution in [2.45, 2.75) is 76.5 Å². The molecule has 60 heavy (non-hydrogen) atoms. The molecule has 1 atom stereocenters. The number of hydrogen-bond acceptors (Lipinski definition) is 9. The molecule has 4 heterocycles. The van der Waals surface area contributed by atoms with E-state index in [1.54, 1.807) is 49.4 Å². The Labute approximate surface area is 345 Å². The summed E-state index contributed by atoms with van der Waals surface area (Å²) in [4.78, 5) is 71.6. The van der Waals surface area contributed by atoms with Gasteiger partial charge in [0.05, 0.1) is 11.1 Å². The molecule has 3 aliphatic rings. The molecule has 0 spiro atoms. The summed E-state index contributed by atoms with van der Waals surface area (Å²) in [6.07, 6.45) is 1.34. The summed E-state index contributed by atoms with van der Waals surface area (Å²) >= 11 is 0. The zero-order chi connectivity index (χ0) is 42.6. The Kier molecular flexibility index (Phi) is 12.0. The standard InChI is InChI=1S/C44H46F2N6O8/c1-4-37(54)51-23-24-52(41(56)28(51)3)38-18-14-32(58-38)13-17-36(53)47-21-6-5-7-22-48-40(55)30-10-8-9-29(25-30)39-27(2)11-16-35(49-39)50-42(57)43(19-20-43)31-12-15-33-34(26-31)60-44(45,46)59-33/h4,8-12,14-16,18,25-26,28H,1,5-7,13,17,19-24H2,2-3H3,(H,47,53)(H,48,55)(H,49,50,57). The predicted octanol–water partition coefficient (Wildman–Crippen LogP) is 6.04. The first-order valence-electron chi connectivity index (χ1n) is 19.9. The lowest BCUT2D eigenvalue weighted by Crippen LogP contribution is -2.57. The molecule has 2 aliphatic heterocycles. The Morgan fingerprint density at radius 3 is 2.47 bits per heavy atom. The van der Waals surface area contributed by atoms with E-state index in [0.717, 1.165) is 18.4 Å². The van der Waals surface area contributed by atoms with Crippen molar-refractivity contribution in [3.63, 3.8) is 0 Å². The number of anilines is 2. The second kappa shape index (κ2) is 17.3. The molecule has 1 saturated heterocycles. The summed E-state index contributed by atoms with van der Waals surface area (Å²) in [6.45, 7) is 8.65. The fourth-order valence-electron chi connectivity index (χ4n) is 7.39. The maximum absolute atomic E-state index is 13.6. The van der Waals surface area contributed by atoms with Crippen LogP contribution < -0.4 is 30.3 Å². The molecule has 0 radical (unpaired) electrons. The molecule has 2 fully saturated rings. The molecule has 14 nitrogen and oxygen atoms in total. The van der Waals surface area contributed by atoms with E-state index >= 15 is 0 Å². The second-order valence-electron chi connectivity index (χ2n) is 15.1. The van der Waals surface area contributed by atoms with E-state index in [4.69, 9.17) is 9.40 Å². The van der Waals surface area contributed by atoms with Crippen LogP contribution in [-0.4, -0.2) is 77.9 Å². The second-order valence-corrected chi connectivity index (χ2v) is 15.1. The number of benzene rings is 2. The molecule has 1 saturated carbocycles. The highest BCUT2D eigenvalue weighted by Gasteiger charge is 2.53. The smallest absolute Gasteiger partial charge is 0.445 e. The van der Waals surface area contributed by atoms with E-state index in [1.807, 2.05) is 19.1 Å². The van der Waals surface area contributed by atoms with Gasteiger partial charge in [0.1, 0.15) is 17.6 Å². The van der Waals surface area contributed by atoms with E-state index < -0.39 is 17.8 Å². The normalized spacial score (nSPS) is 17.2. The molecule has 16 heteroatoms. The van der Waals surface area contributed by atoms with Crippen LogP contribution in [0.4, 0.5) is 20.5 Å². The van der Waals surface area contributed by atoms with Crippen LogP contribution in [0, 0.1) is 6.92 Å². The third-order valence-corrected chi connectivity index (χ3v) is 11.0. The summed E-state index contributed by atoms with van der Waals surface area (Å²) in [5, 5.41) is 8.75. The van der Waals surface area contributed by atoms with Gasteiger partial charge in [0.25, 0.3) is 11.8 Å². The number of piperazine rings is 1. The van der Waals surface area contributed by atoms with Crippen LogP contribution in [0.5, 0.6) is 11.5 Å². The van der Waals surface area contributed by atoms with Crippen molar-refractivity contribution in [3.05, 3.63) is 102 Å². The number of aryl methyl sites for hydroxylation is 2. The molecular weight excluding hydrogens is 779 g/mol. The van der Waals surface area contributed by atoms with Crippen LogP contribution in [-0.2, 0) is 31.0 Å². The number of nitrogens with one attached hydrogen (secondary N) is 3. The van der Waals surface area contributed by atoms with Crippen molar-refractivity contribution in [1.82, 2.24) is 20.5 Å². The third kappa shape index (κ3) is 9.17. The van der Waals surface area contributed by atoms with Crippen molar-refractivity contribution in [2.75, 3.05) is 36.4 Å². The lowest BCUT2D eigenvalue weighted by atomic mass is 9.94. The number of unbranched alkanes of at least 4 members (excludes halogenated alkanes) is 2. The maximum atomic E-state index is 13.6. The van der Waals surface area contributed by atoms with Crippen LogP contribution in [0.3, 0.4) is 0 Å². The first-order chi connectivity index (χ1) is 28.8. The first kappa shape index (κ1) is 41.6. The van der Waals surface area contributed by atoms with Gasteiger partial charge in [0.15, 0.2) is 11.5 Å². The Hall–Kier alpha value is -6.58. The molecule has 1 unspecified atom stereocenters. The third-order valence-electron chi connectivity index (χ3n) is 11.0. The highest BCUT2D eigenvalue weighted by Crippen LogP contribution is 2.52. The highest BCUT2D eigenvalue weighted by atomic mass is 19.3. The number of alkyl halides is 2. The van der Waals surface area contributed by atoms with Gasteiger partial charge in [-0.05, 0) is 99.6 Å². The largest absolute Gasteiger partial charge is 0.586 e. The molecule has 2 aromatic carbocycles. The van der Waals surface area contributed by atoms with Gasteiger partial charge in [0.2, 0.25) is 23.6 Å². The minimum absolute atomic E-state index is 0.0851. The number of carbonyl (C=O) groups excluding carboxylic acids is 5. The number of aromatic nitrogens is 1. The molecule has 7 rings (SSSR count). The Bertz CT molecular complexity index is 2320. The number of amides is 5. The van der Waals surface area contributed by atoms with E-state index in [-0.39, 0.29) is 47.5 Å². The minimum atomic E-state index is -3.75. The number of ether oxygens (including phenoxy) is 2. The Morgan fingerprint density at radius 1 is 0.933 bits per heavy atom. The predicted molar refractivity (Wildman–Crippen MR) is 217 cm³/mol. The van der Waals surface area contributed by atoms with Gasteiger partial charge < -0.3 is 34.7 Å². The summed E-state index contributed by atoms with van der Waals surface area (Å²) < 4.78 is 42.1. The lowest BCUT2D eigenvalue weighted by molar-refractivity contribution is -0.286. The van der Waals surface area contributed by atoms with Gasteiger partial charge in [0, 0.05) is 56.2 Å². The van der Waals surface area contributed by atoms with Crippen LogP contribution in [0.1, 0.15) is 72.7 Å². The van der Waals surface area contributed by atoms with Crippen molar-refractivity contribution >= 4 is 41.2 Å². The van der Waals surface area contributed by atoms with Gasteiger partial charge in [-0.3, -0.25) is 28.9 Å². The number of halogens is 2. The molecule has 4 aromatic rings. The van der Waals surface area contributed by atoms with E-state index in [2.05, 4.69) is 32.0 Å². The quantitative estimate of drug-likeness (QED) is 0.0900. The molecule has 0 bridgehead atoms. The van der Waals surface area contributed by atoms with Gasteiger partial charge in [-0.2, -0.15) is 0 Å². The summed E-state index contributed by atoms with van der Waals surface area (Å²) in [6, 6.07) is 17.8. The Morgan fingerprint density at radius 2 is 1.70 bits per heavy atom. The van der Waals surface area contributed by atoms with Gasteiger partial charge in [-0.15, -0.1) is 8.78 Å². The number of nitrogens with zero attached hydrogens (tertiary/aromatic N) is 3. The van der Waals surface area contributed by atoms with Crippen molar-refractivity contribution < 1.29 is 46.6 Å². The molecular formula is C44H46F2N6O8. The van der Waals surface area contributed by atoms with Gasteiger partial charge in [-0.25, -0.2) is 4.98 Å². The monoisotopic (exact) mass is 824 g/mol. The average Bonchev–Trinajstić information content (AvgIpc) is 3.81. The van der Waals surface area contributed by atoms with E-state index in [0.29, 0.717) is 91.7 Å². The minimum Gasteiger partial charge on any atom is -0.445 e. The molecule has 1 aliphatic carbocycles.